The Balaban J connectivity index is 1.76. The summed E-state index contributed by atoms with van der Waals surface area (Å²) < 4.78 is 10.7. The molecule has 1 aromatic heterocycles. The lowest BCUT2D eigenvalue weighted by atomic mass is 9.88. The van der Waals surface area contributed by atoms with E-state index in [4.69, 9.17) is 9.47 Å². The van der Waals surface area contributed by atoms with E-state index in [2.05, 4.69) is 12.2 Å². The van der Waals surface area contributed by atoms with Crippen LogP contribution in [0.3, 0.4) is 0 Å². The maximum absolute atomic E-state index is 12.5. The van der Waals surface area contributed by atoms with Gasteiger partial charge in [0.2, 0.25) is 0 Å². The summed E-state index contributed by atoms with van der Waals surface area (Å²) in [7, 11) is 0. The summed E-state index contributed by atoms with van der Waals surface area (Å²) in [5, 5.41) is 3.42. The van der Waals surface area contributed by atoms with Crippen LogP contribution in [0.15, 0.2) is 30.3 Å². The molecule has 1 amide bonds. The van der Waals surface area contributed by atoms with Crippen LogP contribution >= 0.6 is 11.3 Å². The SMILES string of the molecule is CCOC(=O)c1c(NC(=O)COc2ccccc2)sc2c1C[C@@H](C)CC2. The van der Waals surface area contributed by atoms with E-state index in [-0.39, 0.29) is 18.5 Å². The lowest BCUT2D eigenvalue weighted by Crippen LogP contribution is -2.21. The molecule has 6 heteroatoms. The summed E-state index contributed by atoms with van der Waals surface area (Å²) in [5.41, 5.74) is 1.55. The van der Waals surface area contributed by atoms with Crippen LogP contribution in [0.5, 0.6) is 5.75 Å². The highest BCUT2D eigenvalue weighted by Gasteiger charge is 2.29. The second kappa shape index (κ2) is 8.36. The molecule has 1 N–H and O–H groups in total. The number of carbonyl (C=O) groups excluding carboxylic acids is 2. The summed E-state index contributed by atoms with van der Waals surface area (Å²) in [6.45, 7) is 4.17. The van der Waals surface area contributed by atoms with Crippen molar-refractivity contribution in [1.82, 2.24) is 0 Å². The van der Waals surface area contributed by atoms with E-state index in [1.54, 1.807) is 19.1 Å². The molecule has 138 valence electrons. The summed E-state index contributed by atoms with van der Waals surface area (Å²) >= 11 is 1.48. The van der Waals surface area contributed by atoms with Gasteiger partial charge >= 0.3 is 5.97 Å². The van der Waals surface area contributed by atoms with Crippen molar-refractivity contribution < 1.29 is 19.1 Å². The first kappa shape index (κ1) is 18.5. The molecule has 0 aliphatic heterocycles. The number of para-hydroxylation sites is 1. The number of amides is 1. The number of nitrogens with one attached hydrogen (secondary N) is 1. The Bertz CT molecular complexity index is 785. The Hall–Kier alpha value is -2.34. The van der Waals surface area contributed by atoms with Crippen molar-refractivity contribution in [3.05, 3.63) is 46.3 Å². The second-order valence-corrected chi connectivity index (χ2v) is 7.53. The van der Waals surface area contributed by atoms with E-state index >= 15 is 0 Å². The minimum atomic E-state index is -0.363. The van der Waals surface area contributed by atoms with Crippen molar-refractivity contribution in [2.45, 2.75) is 33.1 Å². The minimum absolute atomic E-state index is 0.106. The van der Waals surface area contributed by atoms with Crippen LogP contribution in [-0.2, 0) is 22.4 Å². The van der Waals surface area contributed by atoms with Gasteiger partial charge in [-0.15, -0.1) is 11.3 Å². The van der Waals surface area contributed by atoms with Gasteiger partial charge in [0.25, 0.3) is 5.91 Å². The Labute approximate surface area is 157 Å². The molecule has 3 rings (SSSR count). The molecule has 1 heterocycles. The van der Waals surface area contributed by atoms with Crippen molar-refractivity contribution >= 4 is 28.2 Å². The number of hydrogen-bond acceptors (Lipinski definition) is 5. The molecular formula is C20H23NO4S. The van der Waals surface area contributed by atoms with Crippen LogP contribution in [0.2, 0.25) is 0 Å². The Morgan fingerprint density at radius 2 is 2.04 bits per heavy atom. The molecule has 0 saturated heterocycles. The standard InChI is InChI=1S/C20H23NO4S/c1-3-24-20(23)18-15-11-13(2)9-10-16(15)26-19(18)21-17(22)12-25-14-7-5-4-6-8-14/h4-8,13H,3,9-12H2,1-2H3,(H,21,22)/t13-/m0/s1. The van der Waals surface area contributed by atoms with E-state index in [0.29, 0.717) is 28.8 Å². The van der Waals surface area contributed by atoms with Crippen LogP contribution in [-0.4, -0.2) is 25.1 Å². The van der Waals surface area contributed by atoms with E-state index in [1.807, 2.05) is 18.2 Å². The van der Waals surface area contributed by atoms with Gasteiger partial charge in [0.05, 0.1) is 12.2 Å². The number of carbonyl (C=O) groups is 2. The molecule has 0 bridgehead atoms. The first-order valence-electron chi connectivity index (χ1n) is 8.87. The minimum Gasteiger partial charge on any atom is -0.484 e. The van der Waals surface area contributed by atoms with Gasteiger partial charge in [-0.2, -0.15) is 0 Å². The Kier molecular flexibility index (Phi) is 5.93. The molecule has 1 aromatic carbocycles. The fraction of sp³-hybridized carbons (Fsp3) is 0.400. The van der Waals surface area contributed by atoms with Crippen LogP contribution in [0.4, 0.5) is 5.00 Å². The van der Waals surface area contributed by atoms with Gasteiger partial charge in [-0.3, -0.25) is 4.79 Å². The van der Waals surface area contributed by atoms with E-state index in [0.717, 1.165) is 24.8 Å². The predicted molar refractivity (Wildman–Crippen MR) is 102 cm³/mol. The summed E-state index contributed by atoms with van der Waals surface area (Å²) in [5.74, 6) is 0.507. The first-order valence-corrected chi connectivity index (χ1v) is 9.69. The molecule has 0 radical (unpaired) electrons. The fourth-order valence-electron chi connectivity index (χ4n) is 3.09. The summed E-state index contributed by atoms with van der Waals surface area (Å²) in [4.78, 5) is 26.0. The Morgan fingerprint density at radius 1 is 1.27 bits per heavy atom. The lowest BCUT2D eigenvalue weighted by molar-refractivity contribution is -0.118. The molecule has 0 fully saturated rings. The van der Waals surface area contributed by atoms with E-state index in [9.17, 15) is 9.59 Å². The fourth-order valence-corrected chi connectivity index (χ4v) is 4.34. The van der Waals surface area contributed by atoms with Gasteiger partial charge < -0.3 is 14.8 Å². The third kappa shape index (κ3) is 4.25. The number of benzene rings is 1. The largest absolute Gasteiger partial charge is 0.484 e. The zero-order valence-corrected chi connectivity index (χ0v) is 15.9. The van der Waals surface area contributed by atoms with Crippen molar-refractivity contribution in [1.29, 1.82) is 0 Å². The van der Waals surface area contributed by atoms with Gasteiger partial charge in [0, 0.05) is 4.88 Å². The second-order valence-electron chi connectivity index (χ2n) is 6.43. The van der Waals surface area contributed by atoms with Crippen molar-refractivity contribution in [3.8, 4) is 5.75 Å². The lowest BCUT2D eigenvalue weighted by Gasteiger charge is -2.18. The first-order chi connectivity index (χ1) is 12.6. The number of ether oxygens (including phenoxy) is 2. The molecule has 0 unspecified atom stereocenters. The highest BCUT2D eigenvalue weighted by molar-refractivity contribution is 7.17. The zero-order chi connectivity index (χ0) is 18.5. The van der Waals surface area contributed by atoms with Gasteiger partial charge in [-0.1, -0.05) is 25.1 Å². The number of aryl methyl sites for hydroxylation is 1. The molecule has 2 aromatic rings. The van der Waals surface area contributed by atoms with E-state index < -0.39 is 0 Å². The maximum atomic E-state index is 12.5. The number of anilines is 1. The monoisotopic (exact) mass is 373 g/mol. The van der Waals surface area contributed by atoms with Crippen LogP contribution < -0.4 is 10.1 Å². The van der Waals surface area contributed by atoms with Gasteiger partial charge in [0.15, 0.2) is 6.61 Å². The number of esters is 1. The summed E-state index contributed by atoms with van der Waals surface area (Å²) in [6, 6.07) is 9.17. The average Bonchev–Trinajstić information content (AvgIpc) is 2.98. The molecular weight excluding hydrogens is 350 g/mol. The number of fused-ring (bicyclic) bond motifs is 1. The van der Waals surface area contributed by atoms with Crippen LogP contribution in [0, 0.1) is 5.92 Å². The van der Waals surface area contributed by atoms with Gasteiger partial charge in [-0.25, -0.2) is 4.79 Å². The number of rotatable bonds is 6. The molecule has 26 heavy (non-hydrogen) atoms. The Morgan fingerprint density at radius 3 is 2.77 bits per heavy atom. The third-order valence-electron chi connectivity index (χ3n) is 4.35. The number of thiophene rings is 1. The smallest absolute Gasteiger partial charge is 0.341 e. The zero-order valence-electron chi connectivity index (χ0n) is 15.0. The van der Waals surface area contributed by atoms with Crippen molar-refractivity contribution in [2.24, 2.45) is 5.92 Å². The van der Waals surface area contributed by atoms with Crippen molar-refractivity contribution in [2.75, 3.05) is 18.5 Å². The maximum Gasteiger partial charge on any atom is 0.341 e. The topological polar surface area (TPSA) is 64.6 Å². The quantitative estimate of drug-likeness (QED) is 0.776. The summed E-state index contributed by atoms with van der Waals surface area (Å²) in [6.07, 6.45) is 2.88. The molecule has 1 atom stereocenters. The highest BCUT2D eigenvalue weighted by atomic mass is 32.1. The number of hydrogen-bond donors (Lipinski definition) is 1. The van der Waals surface area contributed by atoms with Crippen molar-refractivity contribution in [3.63, 3.8) is 0 Å². The molecule has 1 aliphatic rings. The van der Waals surface area contributed by atoms with Crippen LogP contribution in [0.1, 0.15) is 41.1 Å². The molecule has 0 spiro atoms. The normalized spacial score (nSPS) is 15.8. The predicted octanol–water partition coefficient (Wildman–Crippen LogP) is 4.07. The molecule has 0 saturated carbocycles. The van der Waals surface area contributed by atoms with Crippen LogP contribution in [0.25, 0.3) is 0 Å². The highest BCUT2D eigenvalue weighted by Crippen LogP contribution is 2.40. The van der Waals surface area contributed by atoms with Gasteiger partial charge in [0.1, 0.15) is 10.8 Å². The average molecular weight is 373 g/mol. The molecule has 5 nitrogen and oxygen atoms in total. The molecule has 1 aliphatic carbocycles. The van der Waals surface area contributed by atoms with E-state index in [1.165, 1.54) is 16.2 Å². The van der Waals surface area contributed by atoms with Gasteiger partial charge in [-0.05, 0) is 49.8 Å². The third-order valence-corrected chi connectivity index (χ3v) is 5.56.